The molecule has 1 atom stereocenters. The monoisotopic (exact) mass is 697 g/mol. The van der Waals surface area contributed by atoms with Crippen LogP contribution in [-0.2, 0) is 13.1 Å². The summed E-state index contributed by atoms with van der Waals surface area (Å²) in [6, 6.07) is 9.44. The number of benzene rings is 2. The number of rotatable bonds is 7. The van der Waals surface area contributed by atoms with E-state index < -0.39 is 5.60 Å². The van der Waals surface area contributed by atoms with E-state index in [1.54, 1.807) is 17.0 Å². The van der Waals surface area contributed by atoms with Crippen molar-refractivity contribution in [1.82, 2.24) is 19.8 Å². The Labute approximate surface area is 266 Å². The van der Waals surface area contributed by atoms with Gasteiger partial charge in [-0.2, -0.15) is 9.97 Å². The molecule has 7 rings (SSSR count). The first-order valence-corrected chi connectivity index (χ1v) is 16.7. The zero-order chi connectivity index (χ0) is 29.8. The van der Waals surface area contributed by atoms with Gasteiger partial charge in [0.15, 0.2) is 0 Å². The molecule has 1 aromatic heterocycles. The molecule has 4 heterocycles. The Morgan fingerprint density at radius 1 is 1.05 bits per heavy atom. The van der Waals surface area contributed by atoms with Crippen LogP contribution in [0.4, 0.5) is 5.82 Å². The Bertz CT molecular complexity index is 1550. The molecule has 1 aliphatic carbocycles. The van der Waals surface area contributed by atoms with Crippen molar-refractivity contribution < 1.29 is 19.7 Å². The zero-order valence-electron chi connectivity index (χ0n) is 24.8. The van der Waals surface area contributed by atoms with Gasteiger partial charge < -0.3 is 29.6 Å². The van der Waals surface area contributed by atoms with Crippen LogP contribution in [0.5, 0.6) is 11.8 Å². The zero-order valence-corrected chi connectivity index (χ0v) is 27.0. The molecule has 2 saturated heterocycles. The molecule has 0 spiro atoms. The second-order valence-electron chi connectivity index (χ2n) is 13.4. The van der Waals surface area contributed by atoms with Crippen LogP contribution < -0.4 is 9.64 Å². The van der Waals surface area contributed by atoms with Crippen LogP contribution in [0.25, 0.3) is 10.8 Å². The number of phenolic OH excluding ortho intramolecular Hbond substituents is 1. The van der Waals surface area contributed by atoms with E-state index in [1.807, 2.05) is 25.1 Å². The van der Waals surface area contributed by atoms with E-state index in [1.165, 1.54) is 32.4 Å². The number of ether oxygens (including phenoxy) is 1. The van der Waals surface area contributed by atoms with Crippen LogP contribution in [0, 0.1) is 8.99 Å². The first kappa shape index (κ1) is 29.0. The molecule has 1 saturated carbocycles. The topological polar surface area (TPSA) is 102 Å². The summed E-state index contributed by atoms with van der Waals surface area (Å²) < 4.78 is 7.34. The second kappa shape index (κ2) is 11.3. The van der Waals surface area contributed by atoms with Gasteiger partial charge >= 0.3 is 6.01 Å². The average molecular weight is 698 g/mol. The van der Waals surface area contributed by atoms with Crippen LogP contribution >= 0.6 is 22.6 Å². The molecule has 228 valence electrons. The molecule has 0 radical (unpaired) electrons. The lowest BCUT2D eigenvalue weighted by Crippen LogP contribution is -2.47. The number of anilines is 1. The van der Waals surface area contributed by atoms with Gasteiger partial charge in [-0.05, 0) is 105 Å². The van der Waals surface area contributed by atoms with Crippen LogP contribution in [0.2, 0.25) is 0 Å². The number of hydrogen-bond acceptors (Lipinski definition) is 8. The number of nitrogens with zero attached hydrogens (tertiary/aromatic N) is 5. The Morgan fingerprint density at radius 2 is 1.86 bits per heavy atom. The number of fused-ring (bicyclic) bond motifs is 2. The molecule has 4 aliphatic rings. The molecule has 0 unspecified atom stereocenters. The third-order valence-corrected chi connectivity index (χ3v) is 10.5. The van der Waals surface area contributed by atoms with Crippen molar-refractivity contribution >= 4 is 45.1 Å². The SMILES string of the molecule is C[C@]1(O)CCCN(c2nc(OCC3(CN4CCCCC4)CC3)nc3c2CN(C(=O)c2cc(O)cc4cccc(I)c24)C3)C1. The molecule has 1 amide bonds. The number of aromatic hydroxyl groups is 1. The van der Waals surface area contributed by atoms with Gasteiger partial charge in [-0.3, -0.25) is 4.79 Å². The van der Waals surface area contributed by atoms with Gasteiger partial charge in [-0.15, -0.1) is 0 Å². The highest BCUT2D eigenvalue weighted by molar-refractivity contribution is 14.1. The summed E-state index contributed by atoms with van der Waals surface area (Å²) >= 11 is 2.25. The molecule has 3 aliphatic heterocycles. The Balaban J connectivity index is 1.17. The van der Waals surface area contributed by atoms with Gasteiger partial charge in [0.25, 0.3) is 5.91 Å². The molecular formula is C33H40IN5O4. The fourth-order valence-corrected chi connectivity index (χ4v) is 7.94. The van der Waals surface area contributed by atoms with Crippen molar-refractivity contribution in [3.8, 4) is 11.8 Å². The Kier molecular flexibility index (Phi) is 7.66. The van der Waals surface area contributed by atoms with Gasteiger partial charge in [0, 0.05) is 39.6 Å². The molecule has 9 nitrogen and oxygen atoms in total. The molecule has 10 heteroatoms. The third-order valence-electron chi connectivity index (χ3n) is 9.62. The van der Waals surface area contributed by atoms with Crippen molar-refractivity contribution in [3.63, 3.8) is 0 Å². The predicted octanol–water partition coefficient (Wildman–Crippen LogP) is 5.09. The maximum Gasteiger partial charge on any atom is 0.318 e. The molecule has 3 aromatic rings. The lowest BCUT2D eigenvalue weighted by Gasteiger charge is -2.38. The van der Waals surface area contributed by atoms with Gasteiger partial charge in [0.1, 0.15) is 11.6 Å². The first-order valence-electron chi connectivity index (χ1n) is 15.6. The molecule has 2 aromatic carbocycles. The number of aromatic nitrogens is 2. The van der Waals surface area contributed by atoms with Crippen molar-refractivity contribution in [1.29, 1.82) is 0 Å². The number of piperidine rings is 2. The number of carbonyl (C=O) groups excluding carboxylic acids is 1. The number of hydrogen-bond donors (Lipinski definition) is 2. The van der Waals surface area contributed by atoms with E-state index in [-0.39, 0.29) is 17.1 Å². The van der Waals surface area contributed by atoms with E-state index >= 15 is 0 Å². The van der Waals surface area contributed by atoms with Crippen LogP contribution in [0.1, 0.15) is 73.5 Å². The maximum atomic E-state index is 14.0. The minimum absolute atomic E-state index is 0.0693. The molecule has 43 heavy (non-hydrogen) atoms. The van der Waals surface area contributed by atoms with Crippen molar-refractivity contribution in [2.45, 2.75) is 70.6 Å². The van der Waals surface area contributed by atoms with Gasteiger partial charge in [0.2, 0.25) is 0 Å². The largest absolute Gasteiger partial charge is 0.508 e. The van der Waals surface area contributed by atoms with Gasteiger partial charge in [0.05, 0.1) is 36.6 Å². The van der Waals surface area contributed by atoms with Crippen LogP contribution in [-0.4, -0.2) is 80.8 Å². The first-order chi connectivity index (χ1) is 20.7. The summed E-state index contributed by atoms with van der Waals surface area (Å²) in [6.45, 7) is 7.83. The van der Waals surface area contributed by atoms with Crippen molar-refractivity contribution in [3.05, 3.63) is 50.7 Å². The average Bonchev–Trinajstić information content (AvgIpc) is 3.60. The number of carbonyl (C=O) groups is 1. The summed E-state index contributed by atoms with van der Waals surface area (Å²) in [5, 5.41) is 23.1. The summed E-state index contributed by atoms with van der Waals surface area (Å²) in [7, 11) is 0. The molecule has 2 N–H and O–H groups in total. The van der Waals surface area contributed by atoms with E-state index in [2.05, 4.69) is 32.4 Å². The summed E-state index contributed by atoms with van der Waals surface area (Å²) in [6.07, 6.45) is 7.81. The molecular weight excluding hydrogens is 657 g/mol. The number of aliphatic hydroxyl groups is 1. The van der Waals surface area contributed by atoms with Crippen LogP contribution in [0.15, 0.2) is 30.3 Å². The summed E-state index contributed by atoms with van der Waals surface area (Å²) in [5.41, 5.74) is 1.54. The Hall–Kier alpha value is -2.70. The Morgan fingerprint density at radius 3 is 2.63 bits per heavy atom. The minimum Gasteiger partial charge on any atom is -0.508 e. The maximum absolute atomic E-state index is 14.0. The van der Waals surface area contributed by atoms with E-state index in [0.717, 1.165) is 70.2 Å². The number of amides is 1. The highest BCUT2D eigenvalue weighted by Crippen LogP contribution is 2.47. The highest BCUT2D eigenvalue weighted by atomic mass is 127. The van der Waals surface area contributed by atoms with Gasteiger partial charge in [-0.25, -0.2) is 0 Å². The van der Waals surface area contributed by atoms with Crippen LogP contribution in [0.3, 0.4) is 0 Å². The summed E-state index contributed by atoms with van der Waals surface area (Å²) in [4.78, 5) is 30.4. The van der Waals surface area contributed by atoms with E-state index in [0.29, 0.717) is 37.8 Å². The highest BCUT2D eigenvalue weighted by Gasteiger charge is 2.45. The predicted molar refractivity (Wildman–Crippen MR) is 173 cm³/mol. The normalized spacial score (nSPS) is 23.4. The van der Waals surface area contributed by atoms with Gasteiger partial charge in [-0.1, -0.05) is 18.6 Å². The number of β-amino-alcohol motifs (C(OH)–C–C–N with tert-alkyl or cyclic N) is 1. The third kappa shape index (κ3) is 6.02. The minimum atomic E-state index is -0.811. The van der Waals surface area contributed by atoms with Crippen molar-refractivity contribution in [2.24, 2.45) is 5.41 Å². The number of phenols is 1. The molecule has 0 bridgehead atoms. The van der Waals surface area contributed by atoms with E-state index in [9.17, 15) is 15.0 Å². The smallest absolute Gasteiger partial charge is 0.318 e. The second-order valence-corrected chi connectivity index (χ2v) is 14.6. The van der Waals surface area contributed by atoms with Crippen molar-refractivity contribution in [2.75, 3.05) is 44.2 Å². The quantitative estimate of drug-likeness (QED) is 0.330. The standard InChI is InChI=1S/C33H40IN5O4/c1-32(42)9-6-14-38(19-32)29-25-17-39(30(41)24-16-23(40)15-22-7-5-8-26(34)28(22)24)18-27(25)35-31(36-29)43-21-33(10-11-33)20-37-12-3-2-4-13-37/h5,7-8,15-16,40,42H,2-4,6,9-14,17-21H2,1H3/t32-/m0/s1. The number of halogens is 1. The summed E-state index contributed by atoms with van der Waals surface area (Å²) in [5.74, 6) is 0.673. The lowest BCUT2D eigenvalue weighted by molar-refractivity contribution is 0.0445. The molecule has 3 fully saturated rings. The lowest BCUT2D eigenvalue weighted by atomic mass is 9.95. The number of likely N-dealkylation sites (tertiary alicyclic amines) is 1. The fraction of sp³-hybridized carbons (Fsp3) is 0.545. The fourth-order valence-electron chi connectivity index (χ4n) is 7.13. The van der Waals surface area contributed by atoms with E-state index in [4.69, 9.17) is 14.7 Å².